The first-order valence-electron chi connectivity index (χ1n) is 7.24. The maximum atomic E-state index is 13.9. The van der Waals surface area contributed by atoms with E-state index in [1.54, 1.807) is 0 Å². The van der Waals surface area contributed by atoms with Crippen LogP contribution in [0.4, 0.5) is 37.7 Å². The van der Waals surface area contributed by atoms with Gasteiger partial charge in [-0.2, -0.15) is 26.3 Å². The fourth-order valence-corrected chi connectivity index (χ4v) is 2.82. The van der Waals surface area contributed by atoms with Crippen LogP contribution in [0.5, 0.6) is 0 Å². The second-order valence-electron chi connectivity index (χ2n) is 5.46. The Hall–Kier alpha value is -2.38. The third kappa shape index (κ3) is 3.12. The molecule has 0 saturated heterocycles. The third-order valence-corrected chi connectivity index (χ3v) is 4.05. The number of hydrogen-bond acceptors (Lipinski definition) is 2. The molecule has 0 aromatic heterocycles. The van der Waals surface area contributed by atoms with Crippen LogP contribution >= 0.6 is 0 Å². The Kier molecular flexibility index (Phi) is 4.92. The van der Waals surface area contributed by atoms with Crippen LogP contribution in [0.1, 0.15) is 0 Å². The molecule has 0 aliphatic carbocycles. The lowest BCUT2D eigenvalue weighted by Gasteiger charge is -2.50. The molecule has 0 spiro atoms. The van der Waals surface area contributed by atoms with Gasteiger partial charge in [0.1, 0.15) is 0 Å². The van der Waals surface area contributed by atoms with Gasteiger partial charge in [0.2, 0.25) is 0 Å². The third-order valence-electron chi connectivity index (χ3n) is 4.05. The van der Waals surface area contributed by atoms with Crippen molar-refractivity contribution in [3.8, 4) is 0 Å². The van der Waals surface area contributed by atoms with Crippen molar-refractivity contribution in [2.75, 3.05) is 23.9 Å². The van der Waals surface area contributed by atoms with Gasteiger partial charge in [0, 0.05) is 25.5 Å². The van der Waals surface area contributed by atoms with Gasteiger partial charge in [-0.25, -0.2) is 0 Å². The summed E-state index contributed by atoms with van der Waals surface area (Å²) >= 11 is 0. The van der Waals surface area contributed by atoms with Gasteiger partial charge in [-0.1, -0.05) is 36.4 Å². The molecule has 0 amide bonds. The fourth-order valence-electron chi connectivity index (χ4n) is 2.82. The fraction of sp³-hybridized carbons (Fsp3) is 0.294. The summed E-state index contributed by atoms with van der Waals surface area (Å²) in [5.74, 6) is 0. The van der Waals surface area contributed by atoms with E-state index in [0.29, 0.717) is 0 Å². The van der Waals surface area contributed by atoms with Crippen molar-refractivity contribution in [2.45, 2.75) is 18.0 Å². The molecule has 0 radical (unpaired) electrons. The van der Waals surface area contributed by atoms with E-state index in [1.807, 2.05) is 0 Å². The topological polar surface area (TPSA) is 6.48 Å². The predicted octanol–water partition coefficient (Wildman–Crippen LogP) is 5.08. The van der Waals surface area contributed by atoms with Gasteiger partial charge < -0.3 is 9.80 Å². The van der Waals surface area contributed by atoms with Crippen LogP contribution in [0.15, 0.2) is 60.7 Å². The van der Waals surface area contributed by atoms with Crippen LogP contribution < -0.4 is 9.80 Å². The Morgan fingerprint density at radius 1 is 0.560 bits per heavy atom. The van der Waals surface area contributed by atoms with Gasteiger partial charge in [0.05, 0.1) is 0 Å². The molecular formula is C17H16F6N2. The summed E-state index contributed by atoms with van der Waals surface area (Å²) in [5, 5.41) is 0. The summed E-state index contributed by atoms with van der Waals surface area (Å²) in [6.45, 7) is 0. The first kappa shape index (κ1) is 19.0. The maximum Gasteiger partial charge on any atom is 0.440 e. The minimum Gasteiger partial charge on any atom is -0.337 e. The van der Waals surface area contributed by atoms with Gasteiger partial charge in [0.25, 0.3) is 0 Å². The number of alkyl halides is 6. The van der Waals surface area contributed by atoms with E-state index in [1.165, 1.54) is 60.7 Å². The predicted molar refractivity (Wildman–Crippen MR) is 84.5 cm³/mol. The summed E-state index contributed by atoms with van der Waals surface area (Å²) in [7, 11) is 1.57. The van der Waals surface area contributed by atoms with Crippen LogP contribution in [-0.2, 0) is 0 Å². The molecule has 0 aliphatic heterocycles. The highest BCUT2D eigenvalue weighted by Gasteiger charge is 2.76. The van der Waals surface area contributed by atoms with E-state index in [-0.39, 0.29) is 21.2 Å². The minimum absolute atomic E-state index is 0.208. The monoisotopic (exact) mass is 362 g/mol. The molecule has 2 nitrogen and oxygen atoms in total. The van der Waals surface area contributed by atoms with Crippen molar-refractivity contribution in [2.24, 2.45) is 0 Å². The van der Waals surface area contributed by atoms with Crippen molar-refractivity contribution in [3.05, 3.63) is 60.7 Å². The lowest BCUT2D eigenvalue weighted by molar-refractivity contribution is -0.295. The number of halogens is 6. The van der Waals surface area contributed by atoms with Gasteiger partial charge in [0.15, 0.2) is 0 Å². The Labute approximate surface area is 141 Å². The minimum atomic E-state index is -5.62. The van der Waals surface area contributed by atoms with Crippen LogP contribution in [0.2, 0.25) is 0 Å². The molecule has 0 aliphatic rings. The smallest absolute Gasteiger partial charge is 0.337 e. The SMILES string of the molecule is CN(c1ccccc1)C(N(C)c1ccccc1)(C(F)(F)F)C(F)(F)F. The van der Waals surface area contributed by atoms with E-state index in [9.17, 15) is 26.3 Å². The molecule has 2 rings (SSSR count). The molecule has 0 atom stereocenters. The van der Waals surface area contributed by atoms with Crippen LogP contribution in [0.3, 0.4) is 0 Å². The highest BCUT2D eigenvalue weighted by molar-refractivity contribution is 5.57. The molecule has 0 bridgehead atoms. The van der Waals surface area contributed by atoms with Gasteiger partial charge in [-0.05, 0) is 24.3 Å². The number of nitrogens with zero attached hydrogens (tertiary/aromatic N) is 2. The summed E-state index contributed by atoms with van der Waals surface area (Å²) in [6, 6.07) is 13.4. The van der Waals surface area contributed by atoms with Gasteiger partial charge >= 0.3 is 18.0 Å². The second-order valence-corrected chi connectivity index (χ2v) is 5.46. The summed E-state index contributed by atoms with van der Waals surface area (Å²) in [5.41, 5.74) is -4.65. The van der Waals surface area contributed by atoms with Crippen molar-refractivity contribution in [1.29, 1.82) is 0 Å². The number of hydrogen-bond donors (Lipinski definition) is 0. The molecule has 0 fully saturated rings. The molecule has 25 heavy (non-hydrogen) atoms. The van der Waals surface area contributed by atoms with E-state index >= 15 is 0 Å². The molecule has 0 unspecified atom stereocenters. The Bertz CT molecular complexity index is 620. The Morgan fingerprint density at radius 3 is 1.08 bits per heavy atom. The highest BCUT2D eigenvalue weighted by Crippen LogP contribution is 2.50. The average molecular weight is 362 g/mol. The summed E-state index contributed by atoms with van der Waals surface area (Å²) < 4.78 is 83.6. The number of para-hydroxylation sites is 2. The standard InChI is InChI=1S/C17H16F6N2/c1-24(13-9-5-3-6-10-13)15(16(18,19)20,17(21,22)23)25(2)14-11-7-4-8-12-14/h3-12H,1-2H3. The van der Waals surface area contributed by atoms with E-state index in [2.05, 4.69) is 0 Å². The quantitative estimate of drug-likeness (QED) is 0.553. The first-order valence-corrected chi connectivity index (χ1v) is 7.24. The van der Waals surface area contributed by atoms with Gasteiger partial charge in [-0.15, -0.1) is 0 Å². The molecular weight excluding hydrogens is 346 g/mol. The average Bonchev–Trinajstić information content (AvgIpc) is 2.54. The normalized spacial score (nSPS) is 12.8. The number of rotatable bonds is 4. The highest BCUT2D eigenvalue weighted by atomic mass is 19.4. The molecule has 0 N–H and O–H groups in total. The lowest BCUT2D eigenvalue weighted by Crippen LogP contribution is -2.75. The van der Waals surface area contributed by atoms with E-state index in [4.69, 9.17) is 0 Å². The van der Waals surface area contributed by atoms with Crippen LogP contribution in [0, 0.1) is 0 Å². The summed E-state index contributed by atoms with van der Waals surface area (Å²) in [4.78, 5) is 0.417. The second kappa shape index (κ2) is 6.50. The lowest BCUT2D eigenvalue weighted by atomic mass is 10.0. The zero-order chi connectivity index (χ0) is 18.9. The van der Waals surface area contributed by atoms with Crippen LogP contribution in [-0.4, -0.2) is 32.1 Å². The molecule has 136 valence electrons. The van der Waals surface area contributed by atoms with Crippen molar-refractivity contribution >= 4 is 11.4 Å². The zero-order valence-corrected chi connectivity index (χ0v) is 13.4. The summed E-state index contributed by atoms with van der Waals surface area (Å²) in [6.07, 6.45) is -11.2. The van der Waals surface area contributed by atoms with Crippen LogP contribution in [0.25, 0.3) is 0 Å². The van der Waals surface area contributed by atoms with Crippen molar-refractivity contribution in [3.63, 3.8) is 0 Å². The van der Waals surface area contributed by atoms with E-state index in [0.717, 1.165) is 14.1 Å². The van der Waals surface area contributed by atoms with Crippen molar-refractivity contribution < 1.29 is 26.3 Å². The van der Waals surface area contributed by atoms with Crippen molar-refractivity contribution in [1.82, 2.24) is 0 Å². The zero-order valence-electron chi connectivity index (χ0n) is 13.4. The maximum absolute atomic E-state index is 13.9. The molecule has 0 saturated carbocycles. The molecule has 8 heteroatoms. The van der Waals surface area contributed by atoms with E-state index < -0.39 is 18.0 Å². The first-order chi connectivity index (χ1) is 11.5. The number of benzene rings is 2. The molecule has 2 aromatic carbocycles. The van der Waals surface area contributed by atoms with Gasteiger partial charge in [-0.3, -0.25) is 0 Å². The largest absolute Gasteiger partial charge is 0.440 e. The Balaban J connectivity index is 2.74. The molecule has 2 aromatic rings. The Morgan fingerprint density at radius 2 is 0.840 bits per heavy atom. The number of anilines is 2. The molecule has 0 heterocycles.